The van der Waals surface area contributed by atoms with Gasteiger partial charge in [-0.25, -0.2) is 0 Å². The van der Waals surface area contributed by atoms with Crippen LogP contribution < -0.4 is 10.2 Å². The van der Waals surface area contributed by atoms with Crippen LogP contribution in [0.2, 0.25) is 0 Å². The molecule has 0 spiro atoms. The number of nitrogens with one attached hydrogen (secondary N) is 1. The van der Waals surface area contributed by atoms with Gasteiger partial charge in [0.1, 0.15) is 0 Å². The molecule has 0 saturated heterocycles. The number of carbonyl (C=O) groups is 1. The summed E-state index contributed by atoms with van der Waals surface area (Å²) in [5.41, 5.74) is 2.14. The Balaban J connectivity index is 0.00000176. The number of hydrogen-bond donors (Lipinski definition) is 1. The van der Waals surface area contributed by atoms with Crippen LogP contribution in [0.25, 0.3) is 0 Å². The summed E-state index contributed by atoms with van der Waals surface area (Å²) in [4.78, 5) is 14.4. The van der Waals surface area contributed by atoms with Gasteiger partial charge in [-0.2, -0.15) is 11.3 Å². The Bertz CT molecular complexity index is 570. The Hall–Kier alpha value is -1.36. The number of rotatable bonds is 7. The zero-order chi connectivity index (χ0) is 14.5. The van der Waals surface area contributed by atoms with Crippen molar-refractivity contribution in [2.24, 2.45) is 5.92 Å². The molecule has 0 unspecified atom stereocenters. The lowest BCUT2D eigenvalue weighted by Crippen LogP contribution is -2.38. The van der Waals surface area contributed by atoms with Crippen LogP contribution in [0, 0.1) is 5.92 Å². The third-order valence-electron chi connectivity index (χ3n) is 3.70. The van der Waals surface area contributed by atoms with Crippen molar-refractivity contribution >= 4 is 35.3 Å². The minimum absolute atomic E-state index is 0. The van der Waals surface area contributed by atoms with Gasteiger partial charge in [0.15, 0.2) is 0 Å². The Labute approximate surface area is 141 Å². The predicted octanol–water partition coefficient (Wildman–Crippen LogP) is 3.70. The molecule has 1 heterocycles. The van der Waals surface area contributed by atoms with Crippen molar-refractivity contribution in [3.63, 3.8) is 0 Å². The van der Waals surface area contributed by atoms with E-state index in [-0.39, 0.29) is 18.3 Å². The Morgan fingerprint density at radius 3 is 2.64 bits per heavy atom. The van der Waals surface area contributed by atoms with Crippen molar-refractivity contribution in [1.82, 2.24) is 5.32 Å². The highest BCUT2D eigenvalue weighted by molar-refractivity contribution is 7.07. The second-order valence-electron chi connectivity index (χ2n) is 5.52. The van der Waals surface area contributed by atoms with Crippen molar-refractivity contribution in [3.05, 3.63) is 52.7 Å². The molecule has 3 rings (SSSR count). The molecule has 0 radical (unpaired) electrons. The van der Waals surface area contributed by atoms with E-state index in [4.69, 9.17) is 0 Å². The molecule has 22 heavy (non-hydrogen) atoms. The van der Waals surface area contributed by atoms with Crippen molar-refractivity contribution in [2.75, 3.05) is 18.0 Å². The molecule has 118 valence electrons. The van der Waals surface area contributed by atoms with Crippen LogP contribution >= 0.6 is 23.7 Å². The maximum absolute atomic E-state index is 12.5. The van der Waals surface area contributed by atoms with E-state index >= 15 is 0 Å². The number of amides is 1. The van der Waals surface area contributed by atoms with Crippen LogP contribution in [0.1, 0.15) is 18.4 Å². The fourth-order valence-corrected chi connectivity index (χ4v) is 2.96. The van der Waals surface area contributed by atoms with Crippen LogP contribution in [0.3, 0.4) is 0 Å². The quantitative estimate of drug-likeness (QED) is 0.836. The van der Waals surface area contributed by atoms with Crippen molar-refractivity contribution in [2.45, 2.75) is 19.4 Å². The first-order valence-corrected chi connectivity index (χ1v) is 8.34. The molecule has 5 heteroatoms. The molecule has 1 saturated carbocycles. The summed E-state index contributed by atoms with van der Waals surface area (Å²) in [6.07, 6.45) is 2.61. The second-order valence-corrected chi connectivity index (χ2v) is 6.30. The Kier molecular flexibility index (Phi) is 6.43. The number of halogens is 1. The molecule has 0 atom stereocenters. The minimum atomic E-state index is 0. The summed E-state index contributed by atoms with van der Waals surface area (Å²) in [6.45, 7) is 2.01. The monoisotopic (exact) mass is 336 g/mol. The van der Waals surface area contributed by atoms with Crippen molar-refractivity contribution < 1.29 is 4.79 Å². The largest absolute Gasteiger partial charge is 0.308 e. The first kappa shape index (κ1) is 17.0. The molecule has 2 aromatic rings. The van der Waals surface area contributed by atoms with Crippen LogP contribution in [-0.2, 0) is 11.3 Å². The Morgan fingerprint density at radius 1 is 1.23 bits per heavy atom. The van der Waals surface area contributed by atoms with Gasteiger partial charge in [-0.1, -0.05) is 18.2 Å². The highest BCUT2D eigenvalue weighted by Gasteiger charge is 2.22. The molecule has 1 aliphatic rings. The first-order chi connectivity index (χ1) is 10.3. The third kappa shape index (κ3) is 4.83. The number of nitrogens with zero attached hydrogens (tertiary/aromatic N) is 1. The average molecular weight is 337 g/mol. The summed E-state index contributed by atoms with van der Waals surface area (Å²) >= 11 is 1.66. The standard InChI is InChI=1S/C17H20N2OS.ClH/c20-17(11-18-10-14-6-7-14)19(12-15-8-9-21-13-15)16-4-2-1-3-5-16;/h1-5,8-9,13-14,18H,6-7,10-12H2;1H. The van der Waals surface area contributed by atoms with Gasteiger partial charge in [0.05, 0.1) is 13.1 Å². The van der Waals surface area contributed by atoms with Crippen LogP contribution in [0.15, 0.2) is 47.2 Å². The Morgan fingerprint density at radius 2 is 2.00 bits per heavy atom. The summed E-state index contributed by atoms with van der Waals surface area (Å²) in [5.74, 6) is 0.924. The first-order valence-electron chi connectivity index (χ1n) is 7.40. The minimum Gasteiger partial charge on any atom is -0.308 e. The summed E-state index contributed by atoms with van der Waals surface area (Å²) in [5, 5.41) is 7.44. The number of para-hydroxylation sites is 1. The van der Waals surface area contributed by atoms with Gasteiger partial charge in [-0.3, -0.25) is 4.79 Å². The molecule has 1 aliphatic carbocycles. The van der Waals surface area contributed by atoms with Crippen LogP contribution in [-0.4, -0.2) is 19.0 Å². The summed E-state index contributed by atoms with van der Waals surface area (Å²) < 4.78 is 0. The average Bonchev–Trinajstić information content (AvgIpc) is 3.19. The van der Waals surface area contributed by atoms with Crippen LogP contribution in [0.5, 0.6) is 0 Å². The zero-order valence-electron chi connectivity index (χ0n) is 12.4. The summed E-state index contributed by atoms with van der Waals surface area (Å²) in [6, 6.07) is 12.0. The maximum atomic E-state index is 12.5. The number of carbonyl (C=O) groups excluding carboxylic acids is 1. The number of thiophene rings is 1. The van der Waals surface area contributed by atoms with E-state index in [2.05, 4.69) is 16.8 Å². The summed E-state index contributed by atoms with van der Waals surface area (Å²) in [7, 11) is 0. The van der Waals surface area contributed by atoms with Gasteiger partial charge >= 0.3 is 0 Å². The van der Waals surface area contributed by atoms with E-state index in [1.807, 2.05) is 40.6 Å². The van der Waals surface area contributed by atoms with Crippen LogP contribution in [0.4, 0.5) is 5.69 Å². The molecule has 1 amide bonds. The van der Waals surface area contributed by atoms with E-state index in [9.17, 15) is 4.79 Å². The molecule has 1 fully saturated rings. The lowest BCUT2D eigenvalue weighted by molar-refractivity contribution is -0.117. The van der Waals surface area contributed by atoms with Crippen molar-refractivity contribution in [3.8, 4) is 0 Å². The lowest BCUT2D eigenvalue weighted by atomic mass is 10.2. The lowest BCUT2D eigenvalue weighted by Gasteiger charge is -2.22. The molecule has 1 N–H and O–H groups in total. The molecular formula is C17H21ClN2OS. The van der Waals surface area contributed by atoms with E-state index < -0.39 is 0 Å². The number of anilines is 1. The second kappa shape index (κ2) is 8.32. The van der Waals surface area contributed by atoms with Gasteiger partial charge in [0.2, 0.25) is 5.91 Å². The van der Waals surface area contributed by atoms with E-state index in [0.717, 1.165) is 18.2 Å². The molecule has 3 nitrogen and oxygen atoms in total. The van der Waals surface area contributed by atoms with Gasteiger partial charge in [-0.15, -0.1) is 12.4 Å². The number of benzene rings is 1. The molecule has 1 aromatic carbocycles. The highest BCUT2D eigenvalue weighted by atomic mass is 35.5. The zero-order valence-corrected chi connectivity index (χ0v) is 14.0. The normalized spacial score (nSPS) is 13.5. The highest BCUT2D eigenvalue weighted by Crippen LogP contribution is 2.27. The fourth-order valence-electron chi connectivity index (χ4n) is 2.30. The molecule has 0 aliphatic heterocycles. The predicted molar refractivity (Wildman–Crippen MR) is 94.8 cm³/mol. The fraction of sp³-hybridized carbons (Fsp3) is 0.353. The van der Waals surface area contributed by atoms with E-state index in [0.29, 0.717) is 13.1 Å². The van der Waals surface area contributed by atoms with Gasteiger partial charge in [0.25, 0.3) is 0 Å². The molecule has 1 aromatic heterocycles. The molecule has 0 bridgehead atoms. The third-order valence-corrected chi connectivity index (χ3v) is 4.43. The van der Waals surface area contributed by atoms with Gasteiger partial charge in [0, 0.05) is 5.69 Å². The van der Waals surface area contributed by atoms with Crippen molar-refractivity contribution in [1.29, 1.82) is 0 Å². The molecular weight excluding hydrogens is 316 g/mol. The smallest absolute Gasteiger partial charge is 0.241 e. The number of hydrogen-bond acceptors (Lipinski definition) is 3. The topological polar surface area (TPSA) is 32.3 Å². The van der Waals surface area contributed by atoms with E-state index in [1.54, 1.807) is 11.3 Å². The van der Waals surface area contributed by atoms with Gasteiger partial charge < -0.3 is 10.2 Å². The van der Waals surface area contributed by atoms with E-state index in [1.165, 1.54) is 18.4 Å². The SMILES string of the molecule is Cl.O=C(CNCC1CC1)N(Cc1ccsc1)c1ccccc1. The van der Waals surface area contributed by atoms with Gasteiger partial charge in [-0.05, 0) is 59.8 Å². The maximum Gasteiger partial charge on any atom is 0.241 e.